The number of nitrogens with zero attached hydrogens (tertiary/aromatic N) is 1. The van der Waals surface area contributed by atoms with E-state index in [0.29, 0.717) is 16.4 Å². The number of nitrogens with one attached hydrogen (secondary N) is 3. The highest BCUT2D eigenvalue weighted by Gasteiger charge is 2.24. The van der Waals surface area contributed by atoms with Crippen molar-refractivity contribution in [1.82, 2.24) is 15.3 Å². The second-order valence-electron chi connectivity index (χ2n) is 5.62. The van der Waals surface area contributed by atoms with Crippen molar-refractivity contribution in [2.75, 3.05) is 5.32 Å². The highest BCUT2D eigenvalue weighted by molar-refractivity contribution is 7.14. The number of hydrogen-bond acceptors (Lipinski definition) is 5. The van der Waals surface area contributed by atoms with Crippen LogP contribution in [-0.4, -0.2) is 33.7 Å². The minimum atomic E-state index is -0.636. The van der Waals surface area contributed by atoms with Crippen molar-refractivity contribution in [2.24, 2.45) is 11.7 Å². The maximum absolute atomic E-state index is 12.3. The van der Waals surface area contributed by atoms with Gasteiger partial charge in [-0.05, 0) is 12.0 Å². The zero-order valence-electron chi connectivity index (χ0n) is 13.5. The molecule has 2 aromatic rings. The van der Waals surface area contributed by atoms with E-state index in [2.05, 4.69) is 20.6 Å². The van der Waals surface area contributed by atoms with Crippen LogP contribution in [-0.2, 0) is 9.59 Å². The molecular weight excluding hydrogens is 330 g/mol. The van der Waals surface area contributed by atoms with Crippen molar-refractivity contribution in [3.05, 3.63) is 23.3 Å². The lowest BCUT2D eigenvalue weighted by molar-refractivity contribution is -0.126. The molecule has 0 radical (unpaired) electrons. The van der Waals surface area contributed by atoms with E-state index >= 15 is 0 Å². The molecule has 24 heavy (non-hydrogen) atoms. The predicted molar refractivity (Wildman–Crippen MR) is 91.5 cm³/mol. The number of H-pyrrole nitrogens is 1. The summed E-state index contributed by atoms with van der Waals surface area (Å²) in [5.74, 6) is -1.21. The molecule has 1 unspecified atom stereocenters. The maximum atomic E-state index is 12.3. The fourth-order valence-corrected chi connectivity index (χ4v) is 2.81. The van der Waals surface area contributed by atoms with Crippen LogP contribution in [0.2, 0.25) is 0 Å². The van der Waals surface area contributed by atoms with E-state index < -0.39 is 11.9 Å². The lowest BCUT2D eigenvalue weighted by atomic mass is 10.0. The van der Waals surface area contributed by atoms with E-state index in [4.69, 9.17) is 5.73 Å². The zero-order chi connectivity index (χ0) is 17.9. The second-order valence-corrected chi connectivity index (χ2v) is 6.47. The number of rotatable bonds is 6. The fraction of sp³-hybridized carbons (Fsp3) is 0.333. The van der Waals surface area contributed by atoms with Gasteiger partial charge in [0, 0.05) is 24.1 Å². The number of amides is 3. The highest BCUT2D eigenvalue weighted by atomic mass is 32.1. The number of aromatic amines is 1. The Labute approximate surface area is 142 Å². The van der Waals surface area contributed by atoms with Crippen LogP contribution in [0.5, 0.6) is 0 Å². The Kier molecular flexibility index (Phi) is 5.35. The van der Waals surface area contributed by atoms with Gasteiger partial charge in [-0.2, -0.15) is 0 Å². The van der Waals surface area contributed by atoms with E-state index in [0.717, 1.165) is 0 Å². The number of primary amides is 1. The summed E-state index contributed by atoms with van der Waals surface area (Å²) in [6.07, 6.45) is 1.62. The summed E-state index contributed by atoms with van der Waals surface area (Å²) < 4.78 is 0. The molecule has 5 N–H and O–H groups in total. The van der Waals surface area contributed by atoms with E-state index in [9.17, 15) is 14.4 Å². The molecule has 0 aromatic carbocycles. The summed E-state index contributed by atoms with van der Waals surface area (Å²) in [6, 6.07) is 0.959. The Bertz CT molecular complexity index is 765. The highest BCUT2D eigenvalue weighted by Crippen LogP contribution is 2.25. The van der Waals surface area contributed by atoms with Gasteiger partial charge in [-0.25, -0.2) is 4.98 Å². The number of aromatic nitrogens is 2. The summed E-state index contributed by atoms with van der Waals surface area (Å²) >= 11 is 1.25. The van der Waals surface area contributed by atoms with Crippen molar-refractivity contribution in [1.29, 1.82) is 0 Å². The molecule has 0 spiro atoms. The molecule has 0 aliphatic rings. The molecule has 0 aliphatic heterocycles. The Morgan fingerprint density at radius 3 is 2.58 bits per heavy atom. The molecule has 0 bridgehead atoms. The van der Waals surface area contributed by atoms with Crippen LogP contribution < -0.4 is 16.4 Å². The summed E-state index contributed by atoms with van der Waals surface area (Å²) in [7, 11) is 0. The summed E-state index contributed by atoms with van der Waals surface area (Å²) in [6.45, 7) is 5.06. The number of carbonyl (C=O) groups excluding carboxylic acids is 3. The third kappa shape index (κ3) is 4.19. The van der Waals surface area contributed by atoms with Crippen LogP contribution >= 0.6 is 11.3 Å². The molecule has 0 fully saturated rings. The number of nitrogens with two attached hydrogens (primary N) is 1. The quantitative estimate of drug-likeness (QED) is 0.627. The zero-order valence-corrected chi connectivity index (χ0v) is 14.4. The molecule has 2 heterocycles. The molecule has 128 valence electrons. The molecule has 0 saturated carbocycles. The normalized spacial score (nSPS) is 12.0. The molecule has 0 saturated heterocycles. The minimum absolute atomic E-state index is 0.0591. The van der Waals surface area contributed by atoms with Gasteiger partial charge in [0.1, 0.15) is 11.7 Å². The molecule has 3 amide bonds. The van der Waals surface area contributed by atoms with Gasteiger partial charge in [0.15, 0.2) is 5.13 Å². The molecule has 0 aliphatic carbocycles. The molecular formula is C15H19N5O3S. The first-order chi connectivity index (χ1) is 11.3. The van der Waals surface area contributed by atoms with E-state index in [-0.39, 0.29) is 23.4 Å². The van der Waals surface area contributed by atoms with E-state index in [1.165, 1.54) is 18.3 Å². The lowest BCUT2D eigenvalue weighted by Gasteiger charge is -2.20. The summed E-state index contributed by atoms with van der Waals surface area (Å²) in [4.78, 5) is 41.7. The van der Waals surface area contributed by atoms with Gasteiger partial charge in [-0.3, -0.25) is 14.4 Å². The second kappa shape index (κ2) is 7.26. The van der Waals surface area contributed by atoms with Crippen molar-refractivity contribution in [3.8, 4) is 11.3 Å². The Hall–Kier alpha value is -2.68. The Morgan fingerprint density at radius 2 is 2.04 bits per heavy atom. The van der Waals surface area contributed by atoms with Crippen molar-refractivity contribution < 1.29 is 14.4 Å². The van der Waals surface area contributed by atoms with Gasteiger partial charge < -0.3 is 21.4 Å². The molecule has 9 heteroatoms. The van der Waals surface area contributed by atoms with Crippen LogP contribution in [0.3, 0.4) is 0 Å². The van der Waals surface area contributed by atoms with Crippen LogP contribution in [0.1, 0.15) is 31.3 Å². The molecule has 8 nitrogen and oxygen atoms in total. The Morgan fingerprint density at radius 1 is 1.33 bits per heavy atom. The van der Waals surface area contributed by atoms with Gasteiger partial charge in [-0.1, -0.05) is 13.8 Å². The van der Waals surface area contributed by atoms with Gasteiger partial charge in [0.05, 0.1) is 5.69 Å². The third-order valence-corrected chi connectivity index (χ3v) is 4.04. The van der Waals surface area contributed by atoms with E-state index in [1.54, 1.807) is 17.6 Å². The van der Waals surface area contributed by atoms with Crippen molar-refractivity contribution >= 4 is 34.2 Å². The summed E-state index contributed by atoms with van der Waals surface area (Å²) in [5.41, 5.74) is 6.79. The monoisotopic (exact) mass is 349 g/mol. The van der Waals surface area contributed by atoms with Gasteiger partial charge in [0.2, 0.25) is 11.8 Å². The average Bonchev–Trinajstić information content (AvgIpc) is 3.12. The van der Waals surface area contributed by atoms with Crippen LogP contribution in [0.25, 0.3) is 11.3 Å². The topological polar surface area (TPSA) is 130 Å². The first-order valence-electron chi connectivity index (χ1n) is 7.30. The smallest absolute Gasteiger partial charge is 0.265 e. The Balaban J connectivity index is 2.10. The van der Waals surface area contributed by atoms with Gasteiger partial charge in [-0.15, -0.1) is 11.3 Å². The largest absolute Gasteiger partial charge is 0.364 e. The maximum Gasteiger partial charge on any atom is 0.265 e. The van der Waals surface area contributed by atoms with Gasteiger partial charge >= 0.3 is 0 Å². The fourth-order valence-electron chi connectivity index (χ4n) is 2.09. The molecule has 2 aromatic heterocycles. The van der Waals surface area contributed by atoms with Crippen molar-refractivity contribution in [3.63, 3.8) is 0 Å². The van der Waals surface area contributed by atoms with Gasteiger partial charge in [0.25, 0.3) is 5.91 Å². The van der Waals surface area contributed by atoms with E-state index in [1.807, 2.05) is 13.8 Å². The molecule has 1 atom stereocenters. The number of hydrogen-bond donors (Lipinski definition) is 4. The lowest BCUT2D eigenvalue weighted by Crippen LogP contribution is -2.46. The first kappa shape index (κ1) is 17.7. The number of carbonyl (C=O) groups is 3. The number of thiazole rings is 1. The van der Waals surface area contributed by atoms with Crippen molar-refractivity contribution in [2.45, 2.75) is 26.8 Å². The minimum Gasteiger partial charge on any atom is -0.364 e. The van der Waals surface area contributed by atoms with Crippen LogP contribution in [0.15, 0.2) is 17.6 Å². The predicted octanol–water partition coefficient (Wildman–Crippen LogP) is 1.34. The SMILES string of the molecule is CC(=O)NC(C(=O)Nc1nc(-c2c[nH]c(C(N)=O)c2)cs1)C(C)C. The van der Waals surface area contributed by atoms with Crippen LogP contribution in [0, 0.1) is 5.92 Å². The number of anilines is 1. The van der Waals surface area contributed by atoms with Crippen LogP contribution in [0.4, 0.5) is 5.13 Å². The standard InChI is InChI=1S/C15H19N5O3S/c1-7(2)12(18-8(3)21)14(23)20-15-19-11(6-24-15)9-4-10(13(16)22)17-5-9/h4-7,12,17H,1-3H3,(H2,16,22)(H,18,21)(H,19,20,23). The summed E-state index contributed by atoms with van der Waals surface area (Å²) in [5, 5.41) is 7.49. The third-order valence-electron chi connectivity index (χ3n) is 3.29. The molecule has 2 rings (SSSR count). The average molecular weight is 349 g/mol. The first-order valence-corrected chi connectivity index (χ1v) is 8.18.